The molecule has 0 N–H and O–H groups in total. The maximum atomic E-state index is 13.3. The zero-order valence-electron chi connectivity index (χ0n) is 17.6. The lowest BCUT2D eigenvalue weighted by molar-refractivity contribution is 0.0710. The second-order valence-corrected chi connectivity index (χ2v) is 8.76. The van der Waals surface area contributed by atoms with Crippen LogP contribution in [0.2, 0.25) is 0 Å². The van der Waals surface area contributed by atoms with Gasteiger partial charge in [0.15, 0.2) is 0 Å². The van der Waals surface area contributed by atoms with Crippen molar-refractivity contribution in [1.29, 1.82) is 0 Å². The quantitative estimate of drug-likeness (QED) is 0.654. The van der Waals surface area contributed by atoms with Crippen LogP contribution in [0, 0.1) is 0 Å². The minimum atomic E-state index is 0.00644. The van der Waals surface area contributed by atoms with Gasteiger partial charge < -0.3 is 9.64 Å². The van der Waals surface area contributed by atoms with E-state index < -0.39 is 0 Å². The zero-order chi connectivity index (χ0) is 20.9. The molecule has 3 aliphatic rings. The molecule has 3 heterocycles. The van der Waals surface area contributed by atoms with Crippen molar-refractivity contribution in [2.24, 2.45) is 0 Å². The van der Waals surface area contributed by atoms with E-state index in [-0.39, 0.29) is 11.9 Å². The van der Waals surface area contributed by atoms with Crippen LogP contribution < -0.4 is 0 Å². The summed E-state index contributed by atoms with van der Waals surface area (Å²) in [6, 6.07) is 8.55. The number of carbonyl (C=O) groups excluding carboxylic acids is 1. The number of nitrogens with zero attached hydrogens (tertiary/aromatic N) is 5. The minimum absolute atomic E-state index is 0.00644. The van der Waals surface area contributed by atoms with E-state index >= 15 is 0 Å². The number of ether oxygens (including phenoxy) is 1. The number of benzene rings is 1. The van der Waals surface area contributed by atoms with Gasteiger partial charge in [-0.15, -0.1) is 0 Å². The molecule has 0 radical (unpaired) electrons. The van der Waals surface area contributed by atoms with Crippen LogP contribution in [0.1, 0.15) is 52.4 Å². The molecular weight excluding hydrogens is 390 g/mol. The number of carbonyl (C=O) groups is 1. The summed E-state index contributed by atoms with van der Waals surface area (Å²) in [5, 5.41) is 4.60. The Balaban J connectivity index is 1.40. The SMILES string of the molecule is CN(C(=O)c1cnn(-c2ncc3c(n2)-c2ccccc2CC3)c1C1CC1)[C@@H]1CCOC1. The average molecular weight is 415 g/mol. The fourth-order valence-corrected chi connectivity index (χ4v) is 4.77. The number of fused-ring (bicyclic) bond motifs is 3. The van der Waals surface area contributed by atoms with Crippen molar-refractivity contribution in [3.63, 3.8) is 0 Å². The van der Waals surface area contributed by atoms with Crippen LogP contribution in [0.4, 0.5) is 0 Å². The number of hydrogen-bond donors (Lipinski definition) is 0. The van der Waals surface area contributed by atoms with E-state index in [0.29, 0.717) is 30.6 Å². The Morgan fingerprint density at radius 3 is 2.77 bits per heavy atom. The van der Waals surface area contributed by atoms with E-state index in [0.717, 1.165) is 43.5 Å². The molecule has 6 rings (SSSR count). The van der Waals surface area contributed by atoms with Crippen molar-refractivity contribution < 1.29 is 9.53 Å². The van der Waals surface area contributed by atoms with Crippen molar-refractivity contribution >= 4 is 5.91 Å². The van der Waals surface area contributed by atoms with Crippen LogP contribution in [0.3, 0.4) is 0 Å². The molecule has 1 saturated heterocycles. The normalized spacial score (nSPS) is 19.7. The first-order valence-corrected chi connectivity index (χ1v) is 11.1. The van der Waals surface area contributed by atoms with Gasteiger partial charge >= 0.3 is 0 Å². The van der Waals surface area contributed by atoms with Crippen LogP contribution in [-0.2, 0) is 17.6 Å². The topological polar surface area (TPSA) is 73.1 Å². The monoisotopic (exact) mass is 415 g/mol. The van der Waals surface area contributed by atoms with Gasteiger partial charge in [-0.3, -0.25) is 4.79 Å². The highest BCUT2D eigenvalue weighted by molar-refractivity contribution is 5.95. The highest BCUT2D eigenvalue weighted by Crippen LogP contribution is 2.43. The predicted octanol–water partition coefficient (Wildman–Crippen LogP) is 3.17. The van der Waals surface area contributed by atoms with E-state index in [2.05, 4.69) is 34.3 Å². The standard InChI is InChI=1S/C24H25N5O2/c1-28(18-10-11-31-14-18)23(30)20-13-26-29(22(20)16-7-8-16)24-25-12-17-9-6-15-4-2-3-5-19(15)21(17)27-24/h2-5,12-13,16,18H,6-11,14H2,1H3/t18-/m1/s1. The smallest absolute Gasteiger partial charge is 0.257 e. The minimum Gasteiger partial charge on any atom is -0.379 e. The number of aromatic nitrogens is 4. The van der Waals surface area contributed by atoms with Crippen LogP contribution in [-0.4, -0.2) is 56.9 Å². The third-order valence-corrected chi connectivity index (χ3v) is 6.75. The third-order valence-electron chi connectivity index (χ3n) is 6.75. The summed E-state index contributed by atoms with van der Waals surface area (Å²) in [6.45, 7) is 1.31. The molecule has 3 aromatic rings. The fourth-order valence-electron chi connectivity index (χ4n) is 4.77. The summed E-state index contributed by atoms with van der Waals surface area (Å²) in [4.78, 5) is 24.7. The van der Waals surface area contributed by atoms with Gasteiger partial charge in [0.05, 0.1) is 35.8 Å². The van der Waals surface area contributed by atoms with Gasteiger partial charge in [-0.05, 0) is 43.2 Å². The molecule has 1 aliphatic heterocycles. The Hall–Kier alpha value is -3.06. The highest BCUT2D eigenvalue weighted by atomic mass is 16.5. The van der Waals surface area contributed by atoms with Gasteiger partial charge in [0.2, 0.25) is 0 Å². The number of amides is 1. The van der Waals surface area contributed by atoms with E-state index in [9.17, 15) is 4.79 Å². The largest absolute Gasteiger partial charge is 0.379 e. The van der Waals surface area contributed by atoms with Gasteiger partial charge in [0.25, 0.3) is 11.9 Å². The molecule has 7 heteroatoms. The van der Waals surface area contributed by atoms with Crippen LogP contribution >= 0.6 is 0 Å². The lowest BCUT2D eigenvalue weighted by Gasteiger charge is -2.23. The van der Waals surface area contributed by atoms with E-state index in [1.54, 1.807) is 10.9 Å². The molecule has 0 bridgehead atoms. The molecular formula is C24H25N5O2. The van der Waals surface area contributed by atoms with Gasteiger partial charge in [-0.25, -0.2) is 14.6 Å². The van der Waals surface area contributed by atoms with Crippen molar-refractivity contribution in [1.82, 2.24) is 24.6 Å². The number of hydrogen-bond acceptors (Lipinski definition) is 5. The van der Waals surface area contributed by atoms with Crippen LogP contribution in [0.15, 0.2) is 36.7 Å². The van der Waals surface area contributed by atoms with Gasteiger partial charge in [-0.1, -0.05) is 24.3 Å². The number of aryl methyl sites for hydroxylation is 2. The Morgan fingerprint density at radius 2 is 1.97 bits per heavy atom. The molecule has 158 valence electrons. The average Bonchev–Trinajstić information content (AvgIpc) is 3.32. The second kappa shape index (κ2) is 7.27. The van der Waals surface area contributed by atoms with Gasteiger partial charge in [-0.2, -0.15) is 5.10 Å². The molecule has 2 aliphatic carbocycles. The van der Waals surface area contributed by atoms with E-state index in [4.69, 9.17) is 9.72 Å². The number of rotatable bonds is 4. The molecule has 31 heavy (non-hydrogen) atoms. The Labute approximate surface area is 181 Å². The fraction of sp³-hybridized carbons (Fsp3) is 0.417. The van der Waals surface area contributed by atoms with Crippen molar-refractivity contribution in [2.45, 2.75) is 44.1 Å². The molecule has 0 unspecified atom stereocenters. The molecule has 1 aromatic carbocycles. The molecule has 1 amide bonds. The summed E-state index contributed by atoms with van der Waals surface area (Å²) >= 11 is 0. The summed E-state index contributed by atoms with van der Waals surface area (Å²) < 4.78 is 7.27. The summed E-state index contributed by atoms with van der Waals surface area (Å²) in [7, 11) is 1.86. The van der Waals surface area contributed by atoms with Crippen molar-refractivity contribution in [3.05, 3.63) is 59.0 Å². The molecule has 0 spiro atoms. The molecule has 7 nitrogen and oxygen atoms in total. The van der Waals surface area contributed by atoms with Crippen LogP contribution in [0.5, 0.6) is 0 Å². The summed E-state index contributed by atoms with van der Waals surface area (Å²) in [5.41, 5.74) is 6.25. The zero-order valence-corrected chi connectivity index (χ0v) is 17.6. The van der Waals surface area contributed by atoms with Crippen molar-refractivity contribution in [3.8, 4) is 17.2 Å². The van der Waals surface area contributed by atoms with Crippen molar-refractivity contribution in [2.75, 3.05) is 20.3 Å². The lowest BCUT2D eigenvalue weighted by Crippen LogP contribution is -2.37. The summed E-state index contributed by atoms with van der Waals surface area (Å²) in [6.07, 6.45) is 8.58. The first-order chi connectivity index (χ1) is 15.2. The highest BCUT2D eigenvalue weighted by Gasteiger charge is 2.36. The van der Waals surface area contributed by atoms with Gasteiger partial charge in [0, 0.05) is 31.3 Å². The second-order valence-electron chi connectivity index (χ2n) is 8.76. The van der Waals surface area contributed by atoms with E-state index in [1.807, 2.05) is 18.1 Å². The molecule has 2 fully saturated rings. The summed E-state index contributed by atoms with van der Waals surface area (Å²) in [5.74, 6) is 0.886. The Bertz CT molecular complexity index is 1160. The lowest BCUT2D eigenvalue weighted by atomic mass is 9.90. The predicted molar refractivity (Wildman–Crippen MR) is 115 cm³/mol. The first kappa shape index (κ1) is 18.7. The molecule has 1 atom stereocenters. The molecule has 1 saturated carbocycles. The maximum Gasteiger partial charge on any atom is 0.257 e. The first-order valence-electron chi connectivity index (χ1n) is 11.1. The Morgan fingerprint density at radius 1 is 1.13 bits per heavy atom. The third kappa shape index (κ3) is 3.15. The maximum absolute atomic E-state index is 13.3. The number of likely N-dealkylation sites (N-methyl/N-ethyl adjacent to an activating group) is 1. The van der Waals surface area contributed by atoms with E-state index in [1.165, 1.54) is 16.7 Å². The van der Waals surface area contributed by atoms with Gasteiger partial charge in [0.1, 0.15) is 0 Å². The Kier molecular flexibility index (Phi) is 4.38. The molecule has 2 aromatic heterocycles. The van der Waals surface area contributed by atoms with Crippen LogP contribution in [0.25, 0.3) is 17.2 Å².